The van der Waals surface area contributed by atoms with Gasteiger partial charge in [-0.2, -0.15) is 0 Å². The second kappa shape index (κ2) is 9.79. The molecule has 0 amide bonds. The van der Waals surface area contributed by atoms with Gasteiger partial charge >= 0.3 is 0 Å². The van der Waals surface area contributed by atoms with Gasteiger partial charge in [-0.1, -0.05) is 71.9 Å². The Hall–Kier alpha value is -3.77. The SMILES string of the molecule is CS(=O)(=O)c1cccc(-c2ccc(C(C/C(=N/O)c3ccncc3)c3ccccc3)cc2)c1. The molecule has 0 aliphatic carbocycles. The topological polar surface area (TPSA) is 79.6 Å². The highest BCUT2D eigenvalue weighted by Gasteiger charge is 2.19. The molecule has 0 saturated carbocycles. The summed E-state index contributed by atoms with van der Waals surface area (Å²) in [6, 6.07) is 28.8. The van der Waals surface area contributed by atoms with Gasteiger partial charge in [-0.3, -0.25) is 4.98 Å². The molecule has 0 fully saturated rings. The number of benzene rings is 3. The summed E-state index contributed by atoms with van der Waals surface area (Å²) in [5, 5.41) is 13.3. The Labute approximate surface area is 194 Å². The minimum Gasteiger partial charge on any atom is -0.411 e. The molecule has 1 unspecified atom stereocenters. The summed E-state index contributed by atoms with van der Waals surface area (Å²) in [4.78, 5) is 4.34. The fourth-order valence-electron chi connectivity index (χ4n) is 3.88. The lowest BCUT2D eigenvalue weighted by molar-refractivity contribution is 0.317. The first-order valence-corrected chi connectivity index (χ1v) is 12.4. The molecular formula is C27H24N2O3S. The van der Waals surface area contributed by atoms with Crippen molar-refractivity contribution in [2.24, 2.45) is 5.16 Å². The third-order valence-electron chi connectivity index (χ3n) is 5.64. The van der Waals surface area contributed by atoms with Crippen LogP contribution < -0.4 is 0 Å². The lowest BCUT2D eigenvalue weighted by Crippen LogP contribution is -2.10. The molecule has 1 heterocycles. The maximum Gasteiger partial charge on any atom is 0.175 e. The molecular weight excluding hydrogens is 432 g/mol. The van der Waals surface area contributed by atoms with E-state index in [-0.39, 0.29) is 5.92 Å². The van der Waals surface area contributed by atoms with Crippen LogP contribution in [0.4, 0.5) is 0 Å². The number of hydrogen-bond acceptors (Lipinski definition) is 5. The zero-order valence-electron chi connectivity index (χ0n) is 18.2. The third kappa shape index (κ3) is 5.35. The molecule has 0 radical (unpaired) electrons. The number of pyridine rings is 1. The first-order chi connectivity index (χ1) is 16.0. The Morgan fingerprint density at radius 1 is 0.848 bits per heavy atom. The Kier molecular flexibility index (Phi) is 6.66. The van der Waals surface area contributed by atoms with Crippen LogP contribution in [0, 0.1) is 0 Å². The van der Waals surface area contributed by atoms with E-state index in [4.69, 9.17) is 0 Å². The van der Waals surface area contributed by atoms with Crippen molar-refractivity contribution >= 4 is 15.5 Å². The van der Waals surface area contributed by atoms with Crippen LogP contribution in [0.5, 0.6) is 0 Å². The Balaban J connectivity index is 1.69. The van der Waals surface area contributed by atoms with Crippen molar-refractivity contribution in [1.82, 2.24) is 4.98 Å². The highest BCUT2D eigenvalue weighted by Crippen LogP contribution is 2.32. The highest BCUT2D eigenvalue weighted by molar-refractivity contribution is 7.90. The van der Waals surface area contributed by atoms with Gasteiger partial charge < -0.3 is 5.21 Å². The van der Waals surface area contributed by atoms with E-state index in [0.717, 1.165) is 27.8 Å². The normalized spacial score (nSPS) is 12.9. The molecule has 0 aliphatic rings. The van der Waals surface area contributed by atoms with Gasteiger partial charge in [0.15, 0.2) is 9.84 Å². The number of aromatic nitrogens is 1. The minimum atomic E-state index is -3.28. The standard InChI is InChI=1S/C27H24N2O3S/c1-33(31,32)25-9-5-8-24(18-25)20-10-12-22(13-11-20)26(21-6-3-2-4-7-21)19-27(29-30)23-14-16-28-17-15-23/h2-18,26,30H,19H2,1H3/b29-27-. The van der Waals surface area contributed by atoms with Crippen molar-refractivity contribution in [3.05, 3.63) is 120 Å². The van der Waals surface area contributed by atoms with Crippen molar-refractivity contribution in [1.29, 1.82) is 0 Å². The molecule has 6 heteroatoms. The zero-order valence-corrected chi connectivity index (χ0v) is 19.0. The Morgan fingerprint density at radius 2 is 1.52 bits per heavy atom. The van der Waals surface area contributed by atoms with Gasteiger partial charge in [-0.05, 0) is 46.5 Å². The molecule has 1 N–H and O–H groups in total. The largest absolute Gasteiger partial charge is 0.411 e. The van der Waals surface area contributed by atoms with Crippen LogP contribution in [0.2, 0.25) is 0 Å². The van der Waals surface area contributed by atoms with Crippen molar-refractivity contribution in [3.63, 3.8) is 0 Å². The van der Waals surface area contributed by atoms with Crippen LogP contribution in [0.1, 0.15) is 29.0 Å². The zero-order chi connectivity index (χ0) is 23.3. The number of oxime groups is 1. The number of hydrogen-bond donors (Lipinski definition) is 1. The van der Waals surface area contributed by atoms with Crippen molar-refractivity contribution in [2.45, 2.75) is 17.2 Å². The smallest absolute Gasteiger partial charge is 0.175 e. The van der Waals surface area contributed by atoms with Gasteiger partial charge in [0.2, 0.25) is 0 Å². The maximum absolute atomic E-state index is 11.9. The summed E-state index contributed by atoms with van der Waals surface area (Å²) >= 11 is 0. The average Bonchev–Trinajstić information content (AvgIpc) is 2.86. The summed E-state index contributed by atoms with van der Waals surface area (Å²) in [7, 11) is -3.28. The fourth-order valence-corrected chi connectivity index (χ4v) is 4.55. The van der Waals surface area contributed by atoms with Crippen LogP contribution in [-0.2, 0) is 9.84 Å². The van der Waals surface area contributed by atoms with Gasteiger partial charge in [-0.15, -0.1) is 0 Å². The molecule has 4 aromatic rings. The van der Waals surface area contributed by atoms with E-state index in [2.05, 4.69) is 22.3 Å². The minimum absolute atomic E-state index is 0.0262. The van der Waals surface area contributed by atoms with Crippen LogP contribution in [-0.4, -0.2) is 30.6 Å². The van der Waals surface area contributed by atoms with Gasteiger partial charge in [-0.25, -0.2) is 8.42 Å². The number of nitrogens with zero attached hydrogens (tertiary/aromatic N) is 2. The predicted molar refractivity (Wildman–Crippen MR) is 130 cm³/mol. The first-order valence-electron chi connectivity index (χ1n) is 10.5. The fraction of sp³-hybridized carbons (Fsp3) is 0.111. The van der Waals surface area contributed by atoms with E-state index in [1.165, 1.54) is 6.26 Å². The lowest BCUT2D eigenvalue weighted by Gasteiger charge is -2.19. The van der Waals surface area contributed by atoms with E-state index in [9.17, 15) is 13.6 Å². The number of sulfone groups is 1. The van der Waals surface area contributed by atoms with Crippen molar-refractivity contribution in [3.8, 4) is 11.1 Å². The second-order valence-electron chi connectivity index (χ2n) is 7.87. The second-order valence-corrected chi connectivity index (χ2v) is 9.89. The van der Waals surface area contributed by atoms with Gasteiger partial charge in [0.05, 0.1) is 10.6 Å². The summed E-state index contributed by atoms with van der Waals surface area (Å²) in [5.74, 6) is -0.0262. The molecule has 0 aliphatic heterocycles. The van der Waals surface area contributed by atoms with E-state index >= 15 is 0 Å². The third-order valence-corrected chi connectivity index (χ3v) is 6.75. The quantitative estimate of drug-likeness (QED) is 0.225. The average molecular weight is 457 g/mol. The molecule has 1 aromatic heterocycles. The van der Waals surface area contributed by atoms with Crippen LogP contribution in [0.25, 0.3) is 11.1 Å². The summed E-state index contributed by atoms with van der Waals surface area (Å²) < 4.78 is 23.9. The molecule has 3 aromatic carbocycles. The van der Waals surface area contributed by atoms with Crippen molar-refractivity contribution in [2.75, 3.05) is 6.26 Å². The highest BCUT2D eigenvalue weighted by atomic mass is 32.2. The summed E-state index contributed by atoms with van der Waals surface area (Å²) in [5.41, 5.74) is 5.36. The van der Waals surface area contributed by atoms with Crippen LogP contribution >= 0.6 is 0 Å². The van der Waals surface area contributed by atoms with Crippen molar-refractivity contribution < 1.29 is 13.6 Å². The number of rotatable bonds is 7. The monoisotopic (exact) mass is 456 g/mol. The summed E-state index contributed by atoms with van der Waals surface area (Å²) in [6.07, 6.45) is 5.07. The Bertz CT molecular complexity index is 1350. The molecule has 0 spiro atoms. The van der Waals surface area contributed by atoms with Crippen LogP contribution in [0.15, 0.2) is 113 Å². The molecule has 1 atom stereocenters. The van der Waals surface area contributed by atoms with Gasteiger partial charge in [0.25, 0.3) is 0 Å². The van der Waals surface area contributed by atoms with Gasteiger partial charge in [0.1, 0.15) is 0 Å². The predicted octanol–water partition coefficient (Wildman–Crippen LogP) is 5.55. The molecule has 4 rings (SSSR count). The van der Waals surface area contributed by atoms with Crippen LogP contribution in [0.3, 0.4) is 0 Å². The lowest BCUT2D eigenvalue weighted by atomic mass is 9.85. The van der Waals surface area contributed by atoms with Gasteiger partial charge in [0, 0.05) is 36.6 Å². The molecule has 166 valence electrons. The summed E-state index contributed by atoms with van der Waals surface area (Å²) in [6.45, 7) is 0. The molecule has 5 nitrogen and oxygen atoms in total. The molecule has 33 heavy (non-hydrogen) atoms. The van der Waals surface area contributed by atoms with E-state index in [0.29, 0.717) is 17.0 Å². The van der Waals surface area contributed by atoms with E-state index < -0.39 is 9.84 Å². The van der Waals surface area contributed by atoms with E-state index in [1.807, 2.05) is 60.7 Å². The molecule has 0 bridgehead atoms. The van der Waals surface area contributed by atoms with E-state index in [1.54, 1.807) is 30.6 Å². The maximum atomic E-state index is 11.9. The molecule has 0 saturated heterocycles. The Morgan fingerprint density at radius 3 is 2.15 bits per heavy atom. The first kappa shape index (κ1) is 22.4.